The van der Waals surface area contributed by atoms with Gasteiger partial charge in [0.1, 0.15) is 5.82 Å². The Morgan fingerprint density at radius 1 is 1.33 bits per heavy atom. The van der Waals surface area contributed by atoms with E-state index in [9.17, 15) is 22.4 Å². The van der Waals surface area contributed by atoms with Crippen LogP contribution in [0.15, 0.2) is 18.2 Å². The lowest BCUT2D eigenvalue weighted by Crippen LogP contribution is -2.59. The Morgan fingerprint density at radius 2 is 1.89 bits per heavy atom. The zero-order valence-electron chi connectivity index (χ0n) is 9.73. The molecule has 0 radical (unpaired) electrons. The van der Waals surface area contributed by atoms with E-state index in [-0.39, 0.29) is 5.69 Å². The molecule has 0 saturated heterocycles. The Kier molecular flexibility index (Phi) is 3.66. The molecule has 1 aromatic rings. The normalized spacial score (nSPS) is 15.1. The van der Waals surface area contributed by atoms with E-state index in [0.717, 1.165) is 6.07 Å². The smallest absolute Gasteiger partial charge is 0.321 e. The standard InChI is InChI=1S/C11H12F4N2O/c1-6-4-3-5-7(12)8(6)17-9(18)10(2,16)11(13,14)15/h3-5H,16H2,1-2H3,(H,17,18). The molecule has 1 aromatic carbocycles. The minimum atomic E-state index is -4.92. The first kappa shape index (κ1) is 14.4. The maximum absolute atomic E-state index is 13.4. The van der Waals surface area contributed by atoms with Crippen LogP contribution in [0.2, 0.25) is 0 Å². The van der Waals surface area contributed by atoms with E-state index in [4.69, 9.17) is 5.73 Å². The van der Waals surface area contributed by atoms with Gasteiger partial charge in [-0.3, -0.25) is 4.79 Å². The van der Waals surface area contributed by atoms with Gasteiger partial charge in [-0.05, 0) is 25.5 Å². The fourth-order valence-electron chi connectivity index (χ4n) is 1.16. The summed E-state index contributed by atoms with van der Waals surface area (Å²) < 4.78 is 50.9. The predicted molar refractivity (Wildman–Crippen MR) is 58.4 cm³/mol. The highest BCUT2D eigenvalue weighted by Crippen LogP contribution is 2.30. The van der Waals surface area contributed by atoms with Crippen LogP contribution in [0, 0.1) is 12.7 Å². The zero-order valence-corrected chi connectivity index (χ0v) is 9.73. The molecule has 0 aliphatic rings. The highest BCUT2D eigenvalue weighted by atomic mass is 19.4. The van der Waals surface area contributed by atoms with Crippen molar-refractivity contribution in [2.45, 2.75) is 25.6 Å². The van der Waals surface area contributed by atoms with Crippen molar-refractivity contribution in [2.24, 2.45) is 5.73 Å². The second-order valence-electron chi connectivity index (χ2n) is 4.09. The van der Waals surface area contributed by atoms with E-state index in [1.807, 2.05) is 5.32 Å². The summed E-state index contributed by atoms with van der Waals surface area (Å²) in [6.07, 6.45) is -4.92. The molecule has 18 heavy (non-hydrogen) atoms. The number of benzene rings is 1. The summed E-state index contributed by atoms with van der Waals surface area (Å²) in [5, 5.41) is 1.87. The summed E-state index contributed by atoms with van der Waals surface area (Å²) in [4.78, 5) is 11.5. The third-order valence-electron chi connectivity index (χ3n) is 2.52. The van der Waals surface area contributed by atoms with E-state index in [1.54, 1.807) is 0 Å². The summed E-state index contributed by atoms with van der Waals surface area (Å²) in [6, 6.07) is 3.87. The molecule has 7 heteroatoms. The fourth-order valence-corrected chi connectivity index (χ4v) is 1.16. The van der Waals surface area contributed by atoms with Crippen LogP contribution in [0.3, 0.4) is 0 Å². The average molecular weight is 264 g/mol. The molecule has 1 rings (SSSR count). The Morgan fingerprint density at radius 3 is 2.33 bits per heavy atom. The second kappa shape index (κ2) is 4.56. The molecule has 0 saturated carbocycles. The largest absolute Gasteiger partial charge is 0.415 e. The Balaban J connectivity index is 3.03. The van der Waals surface area contributed by atoms with Gasteiger partial charge in [-0.25, -0.2) is 4.39 Å². The molecule has 100 valence electrons. The van der Waals surface area contributed by atoms with Crippen molar-refractivity contribution in [3.8, 4) is 0 Å². The van der Waals surface area contributed by atoms with Gasteiger partial charge in [0.2, 0.25) is 0 Å². The van der Waals surface area contributed by atoms with E-state index >= 15 is 0 Å². The minimum Gasteiger partial charge on any atom is -0.321 e. The molecule has 0 aromatic heterocycles. The van der Waals surface area contributed by atoms with Gasteiger partial charge in [0, 0.05) is 0 Å². The van der Waals surface area contributed by atoms with Crippen molar-refractivity contribution in [3.05, 3.63) is 29.6 Å². The number of aryl methyl sites for hydroxylation is 1. The lowest BCUT2D eigenvalue weighted by Gasteiger charge is -2.26. The van der Waals surface area contributed by atoms with Gasteiger partial charge in [0.15, 0.2) is 5.54 Å². The summed E-state index contributed by atoms with van der Waals surface area (Å²) in [5.74, 6) is -2.33. The van der Waals surface area contributed by atoms with Crippen LogP contribution in [0.25, 0.3) is 0 Å². The number of nitrogens with two attached hydrogens (primary N) is 1. The molecule has 3 nitrogen and oxygen atoms in total. The van der Waals surface area contributed by atoms with Gasteiger partial charge in [-0.15, -0.1) is 0 Å². The second-order valence-corrected chi connectivity index (χ2v) is 4.09. The molecular weight excluding hydrogens is 252 g/mol. The van der Waals surface area contributed by atoms with Crippen molar-refractivity contribution >= 4 is 11.6 Å². The Bertz CT molecular complexity index is 448. The van der Waals surface area contributed by atoms with Gasteiger partial charge < -0.3 is 11.1 Å². The van der Waals surface area contributed by atoms with Crippen LogP contribution in [0.4, 0.5) is 23.2 Å². The van der Waals surface area contributed by atoms with Crippen molar-refractivity contribution in [1.29, 1.82) is 0 Å². The van der Waals surface area contributed by atoms with E-state index in [0.29, 0.717) is 12.5 Å². The summed E-state index contributed by atoms with van der Waals surface area (Å²) >= 11 is 0. The molecule has 1 amide bonds. The quantitative estimate of drug-likeness (QED) is 0.806. The van der Waals surface area contributed by atoms with Crippen molar-refractivity contribution in [1.82, 2.24) is 0 Å². The third-order valence-corrected chi connectivity index (χ3v) is 2.52. The number of alkyl halides is 3. The molecule has 0 aliphatic carbocycles. The molecule has 0 aliphatic heterocycles. The maximum atomic E-state index is 13.4. The molecule has 0 fully saturated rings. The van der Waals surface area contributed by atoms with Gasteiger partial charge >= 0.3 is 6.18 Å². The number of hydrogen-bond donors (Lipinski definition) is 2. The minimum absolute atomic E-state index is 0.302. The summed E-state index contributed by atoms with van der Waals surface area (Å²) in [6.45, 7) is 1.98. The molecule has 1 unspecified atom stereocenters. The maximum Gasteiger partial charge on any atom is 0.415 e. The predicted octanol–water partition coefficient (Wildman–Crippen LogP) is 2.35. The Labute approximate surface area is 101 Å². The van der Waals surface area contributed by atoms with E-state index < -0.39 is 23.4 Å². The SMILES string of the molecule is Cc1cccc(F)c1NC(=O)C(C)(N)C(F)(F)F. The Hall–Kier alpha value is -1.63. The molecule has 0 spiro atoms. The molecular formula is C11H12F4N2O. The number of anilines is 1. The van der Waals surface area contributed by atoms with Gasteiger partial charge in [0.05, 0.1) is 5.69 Å². The van der Waals surface area contributed by atoms with Crippen molar-refractivity contribution < 1.29 is 22.4 Å². The van der Waals surface area contributed by atoms with Crippen LogP contribution in [0.1, 0.15) is 12.5 Å². The van der Waals surface area contributed by atoms with Crippen LogP contribution < -0.4 is 11.1 Å². The number of carbonyl (C=O) groups is 1. The number of hydrogen-bond acceptors (Lipinski definition) is 2. The number of halogens is 4. The number of nitrogens with one attached hydrogen (secondary N) is 1. The molecule has 3 N–H and O–H groups in total. The van der Waals surface area contributed by atoms with Crippen molar-refractivity contribution in [3.63, 3.8) is 0 Å². The highest BCUT2D eigenvalue weighted by molar-refractivity contribution is 5.98. The monoisotopic (exact) mass is 264 g/mol. The molecule has 1 atom stereocenters. The fraction of sp³-hybridized carbons (Fsp3) is 0.364. The number of amides is 1. The third kappa shape index (κ3) is 2.61. The topological polar surface area (TPSA) is 55.1 Å². The van der Waals surface area contributed by atoms with Crippen LogP contribution >= 0.6 is 0 Å². The molecule has 0 heterocycles. The first-order chi connectivity index (χ1) is 8.07. The van der Waals surface area contributed by atoms with Crippen LogP contribution in [-0.2, 0) is 4.79 Å². The van der Waals surface area contributed by atoms with E-state index in [2.05, 4.69) is 0 Å². The number of para-hydroxylation sites is 1. The number of rotatable bonds is 2. The number of carbonyl (C=O) groups excluding carboxylic acids is 1. The first-order valence-corrected chi connectivity index (χ1v) is 4.99. The van der Waals surface area contributed by atoms with E-state index in [1.165, 1.54) is 19.1 Å². The molecule has 0 bridgehead atoms. The van der Waals surface area contributed by atoms with Gasteiger partial charge in [-0.2, -0.15) is 13.2 Å². The van der Waals surface area contributed by atoms with Gasteiger partial charge in [0.25, 0.3) is 5.91 Å². The highest BCUT2D eigenvalue weighted by Gasteiger charge is 2.54. The first-order valence-electron chi connectivity index (χ1n) is 4.99. The van der Waals surface area contributed by atoms with Crippen LogP contribution in [0.5, 0.6) is 0 Å². The van der Waals surface area contributed by atoms with Crippen LogP contribution in [-0.4, -0.2) is 17.6 Å². The lowest BCUT2D eigenvalue weighted by molar-refractivity contribution is -0.184. The zero-order chi connectivity index (χ0) is 14.1. The van der Waals surface area contributed by atoms with Gasteiger partial charge in [-0.1, -0.05) is 12.1 Å². The van der Waals surface area contributed by atoms with Crippen molar-refractivity contribution in [2.75, 3.05) is 5.32 Å². The summed E-state index contributed by atoms with van der Waals surface area (Å²) in [7, 11) is 0. The average Bonchev–Trinajstić information content (AvgIpc) is 2.21. The summed E-state index contributed by atoms with van der Waals surface area (Å²) in [5.41, 5.74) is 1.85. The lowest BCUT2D eigenvalue weighted by atomic mass is 10.0.